The number of nitrogens with zero attached hydrogens (tertiary/aromatic N) is 2. The van der Waals surface area contributed by atoms with Crippen molar-refractivity contribution in [2.75, 3.05) is 6.54 Å². The van der Waals surface area contributed by atoms with Gasteiger partial charge in [0.05, 0.1) is 0 Å². The van der Waals surface area contributed by atoms with Crippen LogP contribution in [0.2, 0.25) is 0 Å². The summed E-state index contributed by atoms with van der Waals surface area (Å²) in [5, 5.41) is 0. The largest absolute Gasteiger partial charge is 0.294 e. The van der Waals surface area contributed by atoms with Crippen molar-refractivity contribution in [1.29, 1.82) is 0 Å². The number of hydrogen-bond acceptors (Lipinski definition) is 2. The highest BCUT2D eigenvalue weighted by atomic mass is 15.2. The number of rotatable bonds is 2. The molecule has 0 N–H and O–H groups in total. The van der Waals surface area contributed by atoms with Crippen molar-refractivity contribution in [2.45, 2.75) is 38.8 Å². The maximum atomic E-state index is 4.07. The summed E-state index contributed by atoms with van der Waals surface area (Å²) in [4.78, 5) is 6.65. The minimum Gasteiger partial charge on any atom is -0.294 e. The van der Waals surface area contributed by atoms with Gasteiger partial charge in [-0.1, -0.05) is 0 Å². The summed E-state index contributed by atoms with van der Waals surface area (Å²) in [7, 11) is 0. The van der Waals surface area contributed by atoms with Gasteiger partial charge in [-0.25, -0.2) is 0 Å². The molecule has 1 aliphatic rings. The van der Waals surface area contributed by atoms with Gasteiger partial charge in [0.1, 0.15) is 0 Å². The van der Waals surface area contributed by atoms with Gasteiger partial charge in [-0.15, -0.1) is 0 Å². The molecule has 0 aliphatic carbocycles. The van der Waals surface area contributed by atoms with Crippen LogP contribution in [0.5, 0.6) is 0 Å². The number of pyridine rings is 1. The molecule has 1 atom stereocenters. The molecule has 76 valence electrons. The highest BCUT2D eigenvalue weighted by molar-refractivity contribution is 5.16. The van der Waals surface area contributed by atoms with Gasteiger partial charge in [0.25, 0.3) is 0 Å². The molecule has 0 spiro atoms. The first kappa shape index (κ1) is 9.66. The zero-order valence-corrected chi connectivity index (χ0v) is 8.98. The average molecular weight is 190 g/mol. The fourth-order valence-electron chi connectivity index (χ4n) is 2.35. The summed E-state index contributed by atoms with van der Waals surface area (Å²) >= 11 is 0. The molecular weight excluding hydrogens is 172 g/mol. The van der Waals surface area contributed by atoms with Crippen LogP contribution in [0.3, 0.4) is 0 Å². The lowest BCUT2D eigenvalue weighted by Crippen LogP contribution is -2.30. The topological polar surface area (TPSA) is 16.1 Å². The molecule has 1 saturated heterocycles. The van der Waals surface area contributed by atoms with E-state index < -0.39 is 0 Å². The van der Waals surface area contributed by atoms with Crippen LogP contribution < -0.4 is 0 Å². The molecule has 0 aromatic carbocycles. The average Bonchev–Trinajstić information content (AvgIpc) is 2.67. The lowest BCUT2D eigenvalue weighted by molar-refractivity contribution is 0.205. The van der Waals surface area contributed by atoms with Gasteiger partial charge in [-0.2, -0.15) is 0 Å². The predicted molar refractivity (Wildman–Crippen MR) is 58.1 cm³/mol. The quantitative estimate of drug-likeness (QED) is 0.712. The molecular formula is C12H18N2. The fraction of sp³-hybridized carbons (Fsp3) is 0.583. The normalized spacial score (nSPS) is 23.2. The molecule has 1 aromatic heterocycles. The van der Waals surface area contributed by atoms with Crippen LogP contribution in [0.15, 0.2) is 24.5 Å². The predicted octanol–water partition coefficient (Wildman–Crippen LogP) is 2.63. The smallest absolute Gasteiger partial charge is 0.0352 e. The fourth-order valence-corrected chi connectivity index (χ4v) is 2.35. The Bertz CT molecular complexity index is 282. The Kier molecular flexibility index (Phi) is 2.82. The lowest BCUT2D eigenvalue weighted by atomic mass is 10.1. The minimum absolute atomic E-state index is 0.623. The highest BCUT2D eigenvalue weighted by Crippen LogP contribution is 2.32. The molecule has 1 fully saturated rings. The second-order valence-corrected chi connectivity index (χ2v) is 4.27. The first-order chi connectivity index (χ1) is 6.79. The Morgan fingerprint density at radius 2 is 2.07 bits per heavy atom. The van der Waals surface area contributed by atoms with Crippen molar-refractivity contribution >= 4 is 0 Å². The van der Waals surface area contributed by atoms with Crippen LogP contribution in [-0.4, -0.2) is 22.5 Å². The maximum Gasteiger partial charge on any atom is 0.0352 e. The van der Waals surface area contributed by atoms with Crippen molar-refractivity contribution in [1.82, 2.24) is 9.88 Å². The van der Waals surface area contributed by atoms with Crippen LogP contribution in [0.1, 0.15) is 38.3 Å². The summed E-state index contributed by atoms with van der Waals surface area (Å²) < 4.78 is 0. The van der Waals surface area contributed by atoms with Crippen LogP contribution >= 0.6 is 0 Å². The van der Waals surface area contributed by atoms with E-state index in [-0.39, 0.29) is 0 Å². The van der Waals surface area contributed by atoms with E-state index in [9.17, 15) is 0 Å². The summed E-state index contributed by atoms with van der Waals surface area (Å²) in [6.45, 7) is 5.80. The second-order valence-electron chi connectivity index (χ2n) is 4.27. The first-order valence-electron chi connectivity index (χ1n) is 5.44. The Labute approximate surface area is 86.0 Å². The third-order valence-corrected chi connectivity index (χ3v) is 3.05. The molecule has 2 heterocycles. The van der Waals surface area contributed by atoms with Gasteiger partial charge in [0, 0.05) is 24.5 Å². The molecule has 0 amide bonds. The maximum absolute atomic E-state index is 4.07. The minimum atomic E-state index is 0.623. The van der Waals surface area contributed by atoms with E-state index in [0.717, 1.165) is 0 Å². The number of likely N-dealkylation sites (tertiary alicyclic amines) is 1. The first-order valence-corrected chi connectivity index (χ1v) is 5.44. The molecule has 0 saturated carbocycles. The van der Waals surface area contributed by atoms with E-state index in [1.165, 1.54) is 24.9 Å². The SMILES string of the molecule is CC(C)N1CCC[C@@H]1c1ccncc1. The second kappa shape index (κ2) is 4.09. The van der Waals surface area contributed by atoms with Gasteiger partial charge >= 0.3 is 0 Å². The monoisotopic (exact) mass is 190 g/mol. The zero-order valence-electron chi connectivity index (χ0n) is 8.98. The summed E-state index contributed by atoms with van der Waals surface area (Å²) in [6.07, 6.45) is 6.41. The van der Waals surface area contributed by atoms with Crippen molar-refractivity contribution in [3.05, 3.63) is 30.1 Å². The summed E-state index contributed by atoms with van der Waals surface area (Å²) in [5.41, 5.74) is 1.42. The van der Waals surface area contributed by atoms with Crippen LogP contribution in [0, 0.1) is 0 Å². The number of aromatic nitrogens is 1. The lowest BCUT2D eigenvalue weighted by Gasteiger charge is -2.28. The van der Waals surface area contributed by atoms with E-state index in [4.69, 9.17) is 0 Å². The molecule has 2 heteroatoms. The van der Waals surface area contributed by atoms with Crippen molar-refractivity contribution in [2.24, 2.45) is 0 Å². The van der Waals surface area contributed by atoms with E-state index in [1.807, 2.05) is 12.4 Å². The third-order valence-electron chi connectivity index (χ3n) is 3.05. The molecule has 0 radical (unpaired) electrons. The van der Waals surface area contributed by atoms with Crippen LogP contribution in [0.4, 0.5) is 0 Å². The highest BCUT2D eigenvalue weighted by Gasteiger charge is 2.27. The van der Waals surface area contributed by atoms with Crippen molar-refractivity contribution in [3.63, 3.8) is 0 Å². The van der Waals surface area contributed by atoms with Gasteiger partial charge < -0.3 is 0 Å². The molecule has 2 nitrogen and oxygen atoms in total. The van der Waals surface area contributed by atoms with E-state index >= 15 is 0 Å². The van der Waals surface area contributed by atoms with Gasteiger partial charge in [-0.05, 0) is 50.9 Å². The molecule has 2 rings (SSSR count). The molecule has 1 aliphatic heterocycles. The Morgan fingerprint density at radius 3 is 2.71 bits per heavy atom. The van der Waals surface area contributed by atoms with Crippen molar-refractivity contribution in [3.8, 4) is 0 Å². The zero-order chi connectivity index (χ0) is 9.97. The van der Waals surface area contributed by atoms with Crippen LogP contribution in [0.25, 0.3) is 0 Å². The van der Waals surface area contributed by atoms with Crippen LogP contribution in [-0.2, 0) is 0 Å². The third kappa shape index (κ3) is 1.80. The van der Waals surface area contributed by atoms with E-state index in [1.54, 1.807) is 0 Å². The van der Waals surface area contributed by atoms with Gasteiger partial charge in [-0.3, -0.25) is 9.88 Å². The van der Waals surface area contributed by atoms with Gasteiger partial charge in [0.2, 0.25) is 0 Å². The molecule has 14 heavy (non-hydrogen) atoms. The molecule has 0 bridgehead atoms. The van der Waals surface area contributed by atoms with E-state index in [2.05, 4.69) is 35.9 Å². The Morgan fingerprint density at radius 1 is 1.36 bits per heavy atom. The standard InChI is InChI=1S/C12H18N2/c1-10(2)14-9-3-4-12(14)11-5-7-13-8-6-11/h5-8,10,12H,3-4,9H2,1-2H3/t12-/m1/s1. The molecule has 0 unspecified atom stereocenters. The van der Waals surface area contributed by atoms with Gasteiger partial charge in [0.15, 0.2) is 0 Å². The Hall–Kier alpha value is -0.890. The van der Waals surface area contributed by atoms with Crippen molar-refractivity contribution < 1.29 is 0 Å². The van der Waals surface area contributed by atoms with E-state index in [0.29, 0.717) is 12.1 Å². The summed E-state index contributed by atoms with van der Waals surface area (Å²) in [6, 6.07) is 5.56. The Balaban J connectivity index is 2.18. The number of hydrogen-bond donors (Lipinski definition) is 0. The molecule has 1 aromatic rings. The summed E-state index contributed by atoms with van der Waals surface area (Å²) in [5.74, 6) is 0.